The molecule has 0 saturated heterocycles. The number of fused-ring (bicyclic) bond motifs is 2. The summed E-state index contributed by atoms with van der Waals surface area (Å²) < 4.78 is 11.3. The highest BCUT2D eigenvalue weighted by Crippen LogP contribution is 2.26. The van der Waals surface area contributed by atoms with E-state index in [2.05, 4.69) is 42.6 Å². The van der Waals surface area contributed by atoms with Crippen LogP contribution in [-0.2, 0) is 24.1 Å². The highest BCUT2D eigenvalue weighted by molar-refractivity contribution is 5.80. The number of hydrogen-bond donors (Lipinski definition) is 1. The van der Waals surface area contributed by atoms with Crippen LogP contribution in [0.3, 0.4) is 0 Å². The Morgan fingerprint density at radius 1 is 1.15 bits per heavy atom. The summed E-state index contributed by atoms with van der Waals surface area (Å²) in [5.74, 6) is 0. The van der Waals surface area contributed by atoms with Gasteiger partial charge in [-0.15, -0.1) is 0 Å². The van der Waals surface area contributed by atoms with Crippen molar-refractivity contribution in [2.24, 2.45) is 0 Å². The molecular formula is C22H23NO3. The van der Waals surface area contributed by atoms with Crippen LogP contribution in [0, 0.1) is 0 Å². The molecule has 4 rings (SSSR count). The molecule has 4 heteroatoms. The van der Waals surface area contributed by atoms with Crippen LogP contribution < -0.4 is 10.9 Å². The Labute approximate surface area is 152 Å². The van der Waals surface area contributed by atoms with E-state index in [1.807, 2.05) is 12.1 Å². The topological polar surface area (TPSA) is 51.5 Å². The summed E-state index contributed by atoms with van der Waals surface area (Å²) in [6.45, 7) is 4.20. The molecule has 134 valence electrons. The van der Waals surface area contributed by atoms with Crippen LogP contribution in [0.5, 0.6) is 0 Å². The predicted octanol–water partition coefficient (Wildman–Crippen LogP) is 3.76. The second-order valence-electron chi connectivity index (χ2n) is 6.71. The van der Waals surface area contributed by atoms with E-state index < -0.39 is 0 Å². The third kappa shape index (κ3) is 3.43. The molecule has 0 unspecified atom stereocenters. The van der Waals surface area contributed by atoms with Crippen LogP contribution in [0.25, 0.3) is 11.0 Å². The van der Waals surface area contributed by atoms with Crippen molar-refractivity contribution in [3.05, 3.63) is 81.2 Å². The highest BCUT2D eigenvalue weighted by atomic mass is 16.5. The molecule has 0 amide bonds. The molecule has 0 bridgehead atoms. The van der Waals surface area contributed by atoms with Gasteiger partial charge < -0.3 is 14.5 Å². The van der Waals surface area contributed by atoms with Crippen molar-refractivity contribution in [2.75, 3.05) is 13.2 Å². The quantitative estimate of drug-likeness (QED) is 0.713. The number of ether oxygens (including phenoxy) is 1. The second-order valence-corrected chi connectivity index (χ2v) is 6.71. The van der Waals surface area contributed by atoms with Gasteiger partial charge in [-0.2, -0.15) is 0 Å². The molecule has 1 N–H and O–H groups in total. The van der Waals surface area contributed by atoms with Crippen molar-refractivity contribution < 1.29 is 9.15 Å². The van der Waals surface area contributed by atoms with Crippen LogP contribution in [0.1, 0.15) is 35.3 Å². The SMILES string of the molecule is CCc1ccc2oc(=O)cc(CNC[C@H]3OCCc4ccccc43)c2c1. The van der Waals surface area contributed by atoms with Crippen molar-refractivity contribution >= 4 is 11.0 Å². The molecule has 3 aromatic rings. The predicted molar refractivity (Wildman–Crippen MR) is 102 cm³/mol. The summed E-state index contributed by atoms with van der Waals surface area (Å²) in [5.41, 5.74) is 5.16. The Bertz CT molecular complexity index is 977. The van der Waals surface area contributed by atoms with Crippen molar-refractivity contribution in [2.45, 2.75) is 32.4 Å². The Kier molecular flexibility index (Phi) is 4.87. The van der Waals surface area contributed by atoms with Gasteiger partial charge in [-0.25, -0.2) is 4.79 Å². The summed E-state index contributed by atoms with van der Waals surface area (Å²) in [5, 5.41) is 4.46. The van der Waals surface area contributed by atoms with Crippen LogP contribution >= 0.6 is 0 Å². The average molecular weight is 349 g/mol. The lowest BCUT2D eigenvalue weighted by molar-refractivity contribution is 0.0423. The van der Waals surface area contributed by atoms with Crippen molar-refractivity contribution in [3.8, 4) is 0 Å². The summed E-state index contributed by atoms with van der Waals surface area (Å²) >= 11 is 0. The van der Waals surface area contributed by atoms with E-state index in [1.165, 1.54) is 16.7 Å². The summed E-state index contributed by atoms with van der Waals surface area (Å²) in [7, 11) is 0. The van der Waals surface area contributed by atoms with Crippen LogP contribution in [0.4, 0.5) is 0 Å². The van der Waals surface area contributed by atoms with Gasteiger partial charge in [-0.3, -0.25) is 0 Å². The summed E-state index contributed by atoms with van der Waals surface area (Å²) in [4.78, 5) is 11.9. The van der Waals surface area contributed by atoms with E-state index >= 15 is 0 Å². The summed E-state index contributed by atoms with van der Waals surface area (Å²) in [6.07, 6.45) is 1.98. The minimum absolute atomic E-state index is 0.0533. The van der Waals surface area contributed by atoms with E-state index in [4.69, 9.17) is 9.15 Å². The van der Waals surface area contributed by atoms with Crippen molar-refractivity contribution in [1.82, 2.24) is 5.32 Å². The molecule has 0 saturated carbocycles. The number of benzene rings is 2. The van der Waals surface area contributed by atoms with Crippen LogP contribution in [0.15, 0.2) is 57.7 Å². The Morgan fingerprint density at radius 2 is 2.04 bits per heavy atom. The fourth-order valence-corrected chi connectivity index (χ4v) is 3.62. The van der Waals surface area contributed by atoms with E-state index in [0.717, 1.165) is 30.4 Å². The maximum atomic E-state index is 11.9. The van der Waals surface area contributed by atoms with Gasteiger partial charge in [-0.1, -0.05) is 37.3 Å². The minimum atomic E-state index is -0.308. The van der Waals surface area contributed by atoms with E-state index in [1.54, 1.807) is 6.07 Å². The normalized spacial score (nSPS) is 16.6. The summed E-state index contributed by atoms with van der Waals surface area (Å²) in [6, 6.07) is 16.0. The number of aryl methyl sites for hydroxylation is 1. The molecule has 0 fully saturated rings. The van der Waals surface area contributed by atoms with Crippen LogP contribution in [-0.4, -0.2) is 13.2 Å². The van der Waals surface area contributed by atoms with Gasteiger partial charge in [-0.05, 0) is 47.2 Å². The first-order chi connectivity index (χ1) is 12.7. The maximum Gasteiger partial charge on any atom is 0.336 e. The third-order valence-electron chi connectivity index (χ3n) is 5.04. The lowest BCUT2D eigenvalue weighted by Gasteiger charge is -2.26. The van der Waals surface area contributed by atoms with E-state index in [0.29, 0.717) is 18.7 Å². The lowest BCUT2D eigenvalue weighted by atomic mass is 9.97. The smallest absolute Gasteiger partial charge is 0.336 e. The number of hydrogen-bond acceptors (Lipinski definition) is 4. The molecule has 1 aliphatic rings. The lowest BCUT2D eigenvalue weighted by Crippen LogP contribution is -2.27. The zero-order chi connectivity index (χ0) is 17.9. The van der Waals surface area contributed by atoms with Crippen LogP contribution in [0.2, 0.25) is 0 Å². The fraction of sp³-hybridized carbons (Fsp3) is 0.318. The maximum absolute atomic E-state index is 11.9. The van der Waals surface area contributed by atoms with Gasteiger partial charge >= 0.3 is 5.63 Å². The molecule has 1 atom stereocenters. The Balaban J connectivity index is 1.53. The van der Waals surface area contributed by atoms with Gasteiger partial charge in [0.15, 0.2) is 0 Å². The monoisotopic (exact) mass is 349 g/mol. The Hall–Kier alpha value is -2.43. The van der Waals surface area contributed by atoms with E-state index in [-0.39, 0.29) is 11.7 Å². The van der Waals surface area contributed by atoms with Crippen molar-refractivity contribution in [1.29, 1.82) is 0 Å². The standard InChI is InChI=1S/C22H23NO3/c1-2-15-7-8-20-19(11-15)17(12-22(24)26-20)13-23-14-21-18-6-4-3-5-16(18)9-10-25-21/h3-8,11-12,21,23H,2,9-10,13-14H2,1H3/t21-/m1/s1. The third-order valence-corrected chi connectivity index (χ3v) is 5.04. The molecule has 2 heterocycles. The van der Waals surface area contributed by atoms with Gasteiger partial charge in [0, 0.05) is 24.5 Å². The zero-order valence-corrected chi connectivity index (χ0v) is 15.0. The van der Waals surface area contributed by atoms with Gasteiger partial charge in [0.25, 0.3) is 0 Å². The number of rotatable bonds is 5. The Morgan fingerprint density at radius 3 is 2.92 bits per heavy atom. The van der Waals surface area contributed by atoms with Gasteiger partial charge in [0.1, 0.15) is 5.58 Å². The fourth-order valence-electron chi connectivity index (χ4n) is 3.62. The first-order valence-corrected chi connectivity index (χ1v) is 9.20. The molecular weight excluding hydrogens is 326 g/mol. The first-order valence-electron chi connectivity index (χ1n) is 9.20. The first kappa shape index (κ1) is 17.0. The molecule has 0 radical (unpaired) electrons. The zero-order valence-electron chi connectivity index (χ0n) is 15.0. The van der Waals surface area contributed by atoms with E-state index in [9.17, 15) is 4.79 Å². The molecule has 26 heavy (non-hydrogen) atoms. The molecule has 2 aromatic carbocycles. The van der Waals surface area contributed by atoms with Gasteiger partial charge in [0.05, 0.1) is 12.7 Å². The minimum Gasteiger partial charge on any atom is -0.423 e. The average Bonchev–Trinajstić information content (AvgIpc) is 2.67. The highest BCUT2D eigenvalue weighted by Gasteiger charge is 2.20. The molecule has 1 aromatic heterocycles. The molecule has 4 nitrogen and oxygen atoms in total. The largest absolute Gasteiger partial charge is 0.423 e. The van der Waals surface area contributed by atoms with Crippen molar-refractivity contribution in [3.63, 3.8) is 0 Å². The van der Waals surface area contributed by atoms with Gasteiger partial charge in [0.2, 0.25) is 0 Å². The molecule has 1 aliphatic heterocycles. The number of nitrogens with one attached hydrogen (secondary N) is 1. The second kappa shape index (κ2) is 7.44. The molecule has 0 aliphatic carbocycles. The molecule has 0 spiro atoms.